The first kappa shape index (κ1) is 11.1. The van der Waals surface area contributed by atoms with Gasteiger partial charge < -0.3 is 0 Å². The topological polar surface area (TPSA) is 40.5 Å². The summed E-state index contributed by atoms with van der Waals surface area (Å²) in [5, 5.41) is 10.6. The normalized spacial score (nSPS) is 20.1. The number of hydroxylamine groups is 1. The maximum Gasteiger partial charge on any atom is 0.254 e. The van der Waals surface area contributed by atoms with E-state index in [1.54, 1.807) is 6.07 Å². The fraction of sp³-hybridized carbons (Fsp3) is 0.462. The van der Waals surface area contributed by atoms with Gasteiger partial charge in [0, 0.05) is 5.92 Å². The monoisotopic (exact) mass is 219 g/mol. The fourth-order valence-corrected chi connectivity index (χ4v) is 2.29. The molecule has 3 heteroatoms. The second kappa shape index (κ2) is 4.26. The van der Waals surface area contributed by atoms with Gasteiger partial charge in [-0.3, -0.25) is 10.0 Å². The van der Waals surface area contributed by atoms with E-state index in [1.807, 2.05) is 18.2 Å². The van der Waals surface area contributed by atoms with Gasteiger partial charge in [-0.2, -0.15) is 5.06 Å². The molecule has 3 nitrogen and oxygen atoms in total. The van der Waals surface area contributed by atoms with E-state index in [0.29, 0.717) is 11.6 Å². The van der Waals surface area contributed by atoms with E-state index in [4.69, 9.17) is 0 Å². The summed E-state index contributed by atoms with van der Waals surface area (Å²) in [5.74, 6) is 0.208. The zero-order chi connectivity index (χ0) is 11.7. The largest absolute Gasteiger partial charge is 0.281 e. The minimum absolute atomic E-state index is 0.0834. The van der Waals surface area contributed by atoms with Crippen LogP contribution in [0.4, 0.5) is 5.69 Å². The Labute approximate surface area is 95.6 Å². The number of carbonyl (C=O) groups is 1. The number of carbonyl (C=O) groups excluding carboxylic acids is 1. The molecule has 0 saturated carbocycles. The van der Waals surface area contributed by atoms with Crippen LogP contribution >= 0.6 is 0 Å². The number of hydrogen-bond donors (Lipinski definition) is 1. The molecular formula is C13H17NO2. The molecule has 0 aromatic heterocycles. The molecule has 1 heterocycles. The molecule has 2 rings (SSSR count). The van der Waals surface area contributed by atoms with Gasteiger partial charge in [0.05, 0.1) is 5.69 Å². The van der Waals surface area contributed by atoms with E-state index < -0.39 is 0 Å². The van der Waals surface area contributed by atoms with Gasteiger partial charge in [0.2, 0.25) is 0 Å². The minimum Gasteiger partial charge on any atom is -0.281 e. The summed E-state index contributed by atoms with van der Waals surface area (Å²) < 4.78 is 0. The van der Waals surface area contributed by atoms with Crippen molar-refractivity contribution in [2.45, 2.75) is 26.7 Å². The highest BCUT2D eigenvalue weighted by Crippen LogP contribution is 2.31. The third-order valence-corrected chi connectivity index (χ3v) is 3.00. The lowest BCUT2D eigenvalue weighted by atomic mass is 9.87. The van der Waals surface area contributed by atoms with Crippen molar-refractivity contribution in [3.05, 3.63) is 29.8 Å². The Morgan fingerprint density at radius 2 is 2.12 bits per heavy atom. The zero-order valence-electron chi connectivity index (χ0n) is 9.68. The third-order valence-electron chi connectivity index (χ3n) is 3.00. The summed E-state index contributed by atoms with van der Waals surface area (Å²) in [6.45, 7) is 4.19. The van der Waals surface area contributed by atoms with Gasteiger partial charge in [0.25, 0.3) is 5.91 Å². The van der Waals surface area contributed by atoms with Crippen molar-refractivity contribution in [1.82, 2.24) is 0 Å². The first-order valence-electron chi connectivity index (χ1n) is 5.70. The average molecular weight is 219 g/mol. The van der Waals surface area contributed by atoms with Crippen LogP contribution in [0.25, 0.3) is 0 Å². The molecule has 0 spiro atoms. The minimum atomic E-state index is -0.174. The summed E-state index contributed by atoms with van der Waals surface area (Å²) in [4.78, 5) is 11.9. The predicted molar refractivity (Wildman–Crippen MR) is 62.4 cm³/mol. The number of fused-ring (bicyclic) bond motifs is 1. The van der Waals surface area contributed by atoms with Crippen LogP contribution in [0.2, 0.25) is 0 Å². The average Bonchev–Trinajstić information content (AvgIpc) is 2.25. The van der Waals surface area contributed by atoms with E-state index >= 15 is 0 Å². The van der Waals surface area contributed by atoms with Gasteiger partial charge in [0.15, 0.2) is 0 Å². The molecule has 1 aromatic rings. The van der Waals surface area contributed by atoms with Crippen LogP contribution in [-0.2, 0) is 11.2 Å². The molecule has 1 aliphatic heterocycles. The molecule has 86 valence electrons. The maximum atomic E-state index is 11.9. The second-order valence-electron chi connectivity index (χ2n) is 4.81. The molecule has 0 bridgehead atoms. The van der Waals surface area contributed by atoms with Crippen molar-refractivity contribution >= 4 is 11.6 Å². The lowest BCUT2D eigenvalue weighted by Gasteiger charge is -2.30. The van der Waals surface area contributed by atoms with Crippen molar-refractivity contribution in [1.29, 1.82) is 0 Å². The molecular weight excluding hydrogens is 202 g/mol. The van der Waals surface area contributed by atoms with Crippen molar-refractivity contribution < 1.29 is 10.0 Å². The molecule has 0 unspecified atom stereocenters. The molecule has 0 radical (unpaired) electrons. The van der Waals surface area contributed by atoms with E-state index in [-0.39, 0.29) is 11.8 Å². The van der Waals surface area contributed by atoms with Crippen LogP contribution in [0.15, 0.2) is 24.3 Å². The van der Waals surface area contributed by atoms with Crippen molar-refractivity contribution in [3.63, 3.8) is 0 Å². The van der Waals surface area contributed by atoms with Crippen LogP contribution in [0, 0.1) is 11.8 Å². The Balaban J connectivity index is 2.28. The Bertz CT molecular complexity index is 401. The van der Waals surface area contributed by atoms with E-state index in [2.05, 4.69) is 13.8 Å². The van der Waals surface area contributed by atoms with Crippen LogP contribution in [0.5, 0.6) is 0 Å². The van der Waals surface area contributed by atoms with E-state index in [9.17, 15) is 10.0 Å². The molecule has 1 aromatic carbocycles. The Kier molecular flexibility index (Phi) is 2.97. The number of amides is 1. The Hall–Kier alpha value is -1.35. The molecule has 0 aliphatic carbocycles. The van der Waals surface area contributed by atoms with Crippen LogP contribution in [0.3, 0.4) is 0 Å². The quantitative estimate of drug-likeness (QED) is 0.777. The number of nitrogens with zero attached hydrogens (tertiary/aromatic N) is 1. The van der Waals surface area contributed by atoms with Crippen LogP contribution in [-0.4, -0.2) is 11.1 Å². The molecule has 1 amide bonds. The third kappa shape index (κ3) is 1.95. The highest BCUT2D eigenvalue weighted by molar-refractivity contribution is 5.95. The van der Waals surface area contributed by atoms with E-state index in [0.717, 1.165) is 23.5 Å². The van der Waals surface area contributed by atoms with Gasteiger partial charge in [-0.15, -0.1) is 0 Å². The SMILES string of the molecule is CC(C)C[C@H]1Cc2ccccc2N(O)C1=O. The fourth-order valence-electron chi connectivity index (χ4n) is 2.29. The summed E-state index contributed by atoms with van der Waals surface area (Å²) in [6.07, 6.45) is 1.56. The lowest BCUT2D eigenvalue weighted by Crippen LogP contribution is -2.39. The molecule has 0 fully saturated rings. The second-order valence-corrected chi connectivity index (χ2v) is 4.81. The maximum absolute atomic E-state index is 11.9. The first-order valence-corrected chi connectivity index (χ1v) is 5.70. The number of rotatable bonds is 2. The van der Waals surface area contributed by atoms with Crippen LogP contribution in [0.1, 0.15) is 25.8 Å². The predicted octanol–water partition coefficient (Wildman–Crippen LogP) is 2.63. The number of anilines is 1. The van der Waals surface area contributed by atoms with Gasteiger partial charge in [0.1, 0.15) is 0 Å². The molecule has 1 atom stereocenters. The summed E-state index contributed by atoms with van der Waals surface area (Å²) >= 11 is 0. The molecule has 0 saturated heterocycles. The zero-order valence-corrected chi connectivity index (χ0v) is 9.68. The van der Waals surface area contributed by atoms with Gasteiger partial charge in [-0.05, 0) is 30.4 Å². The molecule has 16 heavy (non-hydrogen) atoms. The Morgan fingerprint density at radius 3 is 2.81 bits per heavy atom. The first-order chi connectivity index (χ1) is 7.59. The van der Waals surface area contributed by atoms with Gasteiger partial charge in [-0.1, -0.05) is 32.0 Å². The number of para-hydroxylation sites is 1. The number of benzene rings is 1. The van der Waals surface area contributed by atoms with Crippen LogP contribution < -0.4 is 5.06 Å². The van der Waals surface area contributed by atoms with E-state index in [1.165, 1.54) is 0 Å². The highest BCUT2D eigenvalue weighted by atomic mass is 16.5. The number of hydrogen-bond acceptors (Lipinski definition) is 2. The summed E-state index contributed by atoms with van der Waals surface area (Å²) in [7, 11) is 0. The highest BCUT2D eigenvalue weighted by Gasteiger charge is 2.32. The lowest BCUT2D eigenvalue weighted by molar-refractivity contribution is -0.128. The molecule has 1 aliphatic rings. The van der Waals surface area contributed by atoms with Gasteiger partial charge in [-0.25, -0.2) is 0 Å². The van der Waals surface area contributed by atoms with Crippen molar-refractivity contribution in [3.8, 4) is 0 Å². The summed E-state index contributed by atoms with van der Waals surface area (Å²) in [5.41, 5.74) is 1.68. The standard InChI is InChI=1S/C13H17NO2/c1-9(2)7-11-8-10-5-3-4-6-12(10)14(16)13(11)15/h3-6,9,11,16H,7-8H2,1-2H3/t11-/m0/s1. The Morgan fingerprint density at radius 1 is 1.44 bits per heavy atom. The smallest absolute Gasteiger partial charge is 0.254 e. The van der Waals surface area contributed by atoms with Crippen molar-refractivity contribution in [2.75, 3.05) is 5.06 Å². The molecule has 1 N–H and O–H groups in total. The summed E-state index contributed by atoms with van der Waals surface area (Å²) in [6, 6.07) is 7.52. The van der Waals surface area contributed by atoms with Crippen molar-refractivity contribution in [2.24, 2.45) is 11.8 Å². The van der Waals surface area contributed by atoms with Gasteiger partial charge >= 0.3 is 0 Å².